The third kappa shape index (κ3) is 2.86. The molecule has 2 rings (SSSR count). The Hall–Kier alpha value is -0.800. The number of furan rings is 1. The van der Waals surface area contributed by atoms with Gasteiger partial charge in [-0.2, -0.15) is 0 Å². The molecule has 0 saturated carbocycles. The quantitative estimate of drug-likeness (QED) is 0.795. The minimum Gasteiger partial charge on any atom is -0.472 e. The van der Waals surface area contributed by atoms with Crippen LogP contribution < -0.4 is 5.32 Å². The van der Waals surface area contributed by atoms with Crippen LogP contribution in [-0.4, -0.2) is 19.8 Å². The summed E-state index contributed by atoms with van der Waals surface area (Å²) in [7, 11) is 0. The maximum Gasteiger partial charge on any atom is 0.0947 e. The van der Waals surface area contributed by atoms with Gasteiger partial charge in [0.25, 0.3) is 0 Å². The minimum absolute atomic E-state index is 0.788. The SMILES string of the molecule is c1cc(CNCC2CCOCC2)co1. The van der Waals surface area contributed by atoms with E-state index < -0.39 is 0 Å². The van der Waals surface area contributed by atoms with Crippen LogP contribution in [0.4, 0.5) is 0 Å². The van der Waals surface area contributed by atoms with Crippen molar-refractivity contribution in [2.24, 2.45) is 5.92 Å². The molecule has 2 heterocycles. The van der Waals surface area contributed by atoms with Gasteiger partial charge in [0.1, 0.15) is 0 Å². The zero-order chi connectivity index (χ0) is 9.64. The number of hydrogen-bond acceptors (Lipinski definition) is 3. The van der Waals surface area contributed by atoms with Crippen LogP contribution in [0.2, 0.25) is 0 Å². The molecule has 3 nitrogen and oxygen atoms in total. The molecule has 1 N–H and O–H groups in total. The Morgan fingerprint density at radius 3 is 2.93 bits per heavy atom. The second-order valence-corrected chi connectivity index (χ2v) is 3.82. The van der Waals surface area contributed by atoms with Gasteiger partial charge in [-0.25, -0.2) is 0 Å². The largest absolute Gasteiger partial charge is 0.472 e. The molecule has 0 amide bonds. The highest BCUT2D eigenvalue weighted by molar-refractivity contribution is 5.04. The molecule has 1 aliphatic heterocycles. The molecule has 78 valence electrons. The van der Waals surface area contributed by atoms with E-state index in [1.807, 2.05) is 6.07 Å². The zero-order valence-electron chi connectivity index (χ0n) is 8.37. The van der Waals surface area contributed by atoms with Crippen LogP contribution in [-0.2, 0) is 11.3 Å². The van der Waals surface area contributed by atoms with E-state index in [0.717, 1.165) is 32.2 Å². The lowest BCUT2D eigenvalue weighted by molar-refractivity contribution is 0.0662. The van der Waals surface area contributed by atoms with Crippen LogP contribution in [0, 0.1) is 5.92 Å². The molecular formula is C11H17NO2. The molecule has 0 bridgehead atoms. The highest BCUT2D eigenvalue weighted by Gasteiger charge is 2.12. The monoisotopic (exact) mass is 195 g/mol. The van der Waals surface area contributed by atoms with Gasteiger partial charge in [0.15, 0.2) is 0 Å². The molecule has 1 saturated heterocycles. The van der Waals surface area contributed by atoms with Crippen LogP contribution in [0.1, 0.15) is 18.4 Å². The number of nitrogens with one attached hydrogen (secondary N) is 1. The van der Waals surface area contributed by atoms with Gasteiger partial charge in [-0.15, -0.1) is 0 Å². The standard InChI is InChI=1S/C11H17NO2/c1-4-13-5-2-10(1)7-12-8-11-3-6-14-9-11/h3,6,9-10,12H,1-2,4-5,7-8H2. The maximum absolute atomic E-state index is 5.31. The van der Waals surface area contributed by atoms with E-state index in [1.165, 1.54) is 18.4 Å². The second-order valence-electron chi connectivity index (χ2n) is 3.82. The van der Waals surface area contributed by atoms with E-state index in [1.54, 1.807) is 12.5 Å². The van der Waals surface area contributed by atoms with Crippen molar-refractivity contribution in [3.05, 3.63) is 24.2 Å². The fraction of sp³-hybridized carbons (Fsp3) is 0.636. The summed E-state index contributed by atoms with van der Waals surface area (Å²) < 4.78 is 10.3. The van der Waals surface area contributed by atoms with Crippen molar-refractivity contribution in [1.82, 2.24) is 5.32 Å². The van der Waals surface area contributed by atoms with E-state index in [-0.39, 0.29) is 0 Å². The van der Waals surface area contributed by atoms with Crippen molar-refractivity contribution >= 4 is 0 Å². The molecule has 1 aromatic rings. The summed E-state index contributed by atoms with van der Waals surface area (Å²) in [6, 6.07) is 2.00. The first kappa shape index (κ1) is 9.74. The van der Waals surface area contributed by atoms with Crippen molar-refractivity contribution in [2.75, 3.05) is 19.8 Å². The Morgan fingerprint density at radius 2 is 2.21 bits per heavy atom. The fourth-order valence-corrected chi connectivity index (χ4v) is 1.76. The molecule has 3 heteroatoms. The maximum atomic E-state index is 5.31. The Kier molecular flexibility index (Phi) is 3.60. The second kappa shape index (κ2) is 5.17. The molecule has 0 unspecified atom stereocenters. The van der Waals surface area contributed by atoms with Crippen molar-refractivity contribution in [1.29, 1.82) is 0 Å². The van der Waals surface area contributed by atoms with Gasteiger partial charge < -0.3 is 14.5 Å². The molecule has 1 fully saturated rings. The van der Waals surface area contributed by atoms with E-state index >= 15 is 0 Å². The summed E-state index contributed by atoms with van der Waals surface area (Å²) in [5.74, 6) is 0.788. The third-order valence-corrected chi connectivity index (χ3v) is 2.68. The smallest absolute Gasteiger partial charge is 0.0947 e. The van der Waals surface area contributed by atoms with E-state index in [0.29, 0.717) is 0 Å². The summed E-state index contributed by atoms with van der Waals surface area (Å²) >= 11 is 0. The lowest BCUT2D eigenvalue weighted by Gasteiger charge is -2.22. The average molecular weight is 195 g/mol. The van der Waals surface area contributed by atoms with Crippen LogP contribution in [0.15, 0.2) is 23.0 Å². The molecule has 1 aliphatic rings. The molecule has 0 spiro atoms. The summed E-state index contributed by atoms with van der Waals surface area (Å²) in [6.45, 7) is 3.86. The van der Waals surface area contributed by atoms with Gasteiger partial charge in [0.05, 0.1) is 12.5 Å². The normalized spacial score (nSPS) is 18.6. The van der Waals surface area contributed by atoms with Crippen LogP contribution in [0.5, 0.6) is 0 Å². The van der Waals surface area contributed by atoms with Gasteiger partial charge in [0.2, 0.25) is 0 Å². The Labute approximate surface area is 84.4 Å². The lowest BCUT2D eigenvalue weighted by Crippen LogP contribution is -2.27. The molecule has 14 heavy (non-hydrogen) atoms. The topological polar surface area (TPSA) is 34.4 Å². The first-order valence-corrected chi connectivity index (χ1v) is 5.24. The van der Waals surface area contributed by atoms with Gasteiger partial charge in [0, 0.05) is 25.3 Å². The van der Waals surface area contributed by atoms with Gasteiger partial charge >= 0.3 is 0 Å². The first-order valence-electron chi connectivity index (χ1n) is 5.24. The van der Waals surface area contributed by atoms with E-state index in [9.17, 15) is 0 Å². The summed E-state index contributed by atoms with van der Waals surface area (Å²) in [5.41, 5.74) is 1.22. The molecular weight excluding hydrogens is 178 g/mol. The van der Waals surface area contributed by atoms with Gasteiger partial charge in [-0.3, -0.25) is 0 Å². The number of ether oxygens (including phenoxy) is 1. The Morgan fingerprint density at radius 1 is 1.36 bits per heavy atom. The van der Waals surface area contributed by atoms with E-state index in [2.05, 4.69) is 5.32 Å². The van der Waals surface area contributed by atoms with Crippen molar-refractivity contribution in [3.8, 4) is 0 Å². The highest BCUT2D eigenvalue weighted by atomic mass is 16.5. The van der Waals surface area contributed by atoms with Crippen LogP contribution in [0.3, 0.4) is 0 Å². The highest BCUT2D eigenvalue weighted by Crippen LogP contribution is 2.13. The summed E-state index contributed by atoms with van der Waals surface area (Å²) in [4.78, 5) is 0. The fourth-order valence-electron chi connectivity index (χ4n) is 1.76. The predicted molar refractivity (Wildman–Crippen MR) is 54.0 cm³/mol. The molecule has 1 aromatic heterocycles. The van der Waals surface area contributed by atoms with Crippen molar-refractivity contribution in [2.45, 2.75) is 19.4 Å². The zero-order valence-corrected chi connectivity index (χ0v) is 8.37. The minimum atomic E-state index is 0.788. The summed E-state index contributed by atoms with van der Waals surface area (Å²) in [6.07, 6.45) is 5.89. The molecule has 0 radical (unpaired) electrons. The van der Waals surface area contributed by atoms with Crippen LogP contribution >= 0.6 is 0 Å². The molecule has 0 aromatic carbocycles. The Balaban J connectivity index is 1.62. The molecule has 0 atom stereocenters. The molecule has 0 aliphatic carbocycles. The average Bonchev–Trinajstić information content (AvgIpc) is 2.72. The number of hydrogen-bond donors (Lipinski definition) is 1. The van der Waals surface area contributed by atoms with Gasteiger partial charge in [-0.05, 0) is 31.4 Å². The van der Waals surface area contributed by atoms with Crippen LogP contribution in [0.25, 0.3) is 0 Å². The van der Waals surface area contributed by atoms with Crippen molar-refractivity contribution < 1.29 is 9.15 Å². The Bertz CT molecular complexity index is 240. The third-order valence-electron chi connectivity index (χ3n) is 2.68. The van der Waals surface area contributed by atoms with Gasteiger partial charge in [-0.1, -0.05) is 0 Å². The summed E-state index contributed by atoms with van der Waals surface area (Å²) in [5, 5.41) is 3.44. The lowest BCUT2D eigenvalue weighted by atomic mass is 10.0. The van der Waals surface area contributed by atoms with E-state index in [4.69, 9.17) is 9.15 Å². The van der Waals surface area contributed by atoms with Crippen molar-refractivity contribution in [3.63, 3.8) is 0 Å². The number of rotatable bonds is 4. The predicted octanol–water partition coefficient (Wildman–Crippen LogP) is 1.80. The first-order chi connectivity index (χ1) is 6.95.